The zero-order valence-corrected chi connectivity index (χ0v) is 10.2. The molecule has 0 aliphatic heterocycles. The molecule has 88 valence electrons. The summed E-state index contributed by atoms with van der Waals surface area (Å²) in [5.74, 6) is -0.358. The van der Waals surface area contributed by atoms with Gasteiger partial charge >= 0.3 is 5.97 Å². The molecular weight excluding hydrogens is 224 g/mol. The maximum atomic E-state index is 11.1. The molecule has 2 rings (SSSR count). The van der Waals surface area contributed by atoms with Crippen molar-refractivity contribution in [3.8, 4) is 0 Å². The van der Waals surface area contributed by atoms with Crippen molar-refractivity contribution in [3.63, 3.8) is 0 Å². The summed E-state index contributed by atoms with van der Waals surface area (Å²) in [7, 11) is 1.35. The molecule has 1 heterocycles. The zero-order valence-electron chi connectivity index (χ0n) is 9.36. The third-order valence-electron chi connectivity index (χ3n) is 3.04. The number of esters is 1. The van der Waals surface area contributed by atoms with Gasteiger partial charge in [-0.1, -0.05) is 0 Å². The van der Waals surface area contributed by atoms with Gasteiger partial charge in [0.2, 0.25) is 0 Å². The predicted octanol–water partition coefficient (Wildman–Crippen LogP) is 2.22. The number of rotatable bonds is 3. The quantitative estimate of drug-likeness (QED) is 0.824. The number of fused-ring (bicyclic) bond motifs is 1. The minimum atomic E-state index is -0.703. The number of carbonyl (C=O) groups is 1. The number of aryl methyl sites for hydroxylation is 1. The Morgan fingerprint density at radius 1 is 1.56 bits per heavy atom. The lowest BCUT2D eigenvalue weighted by atomic mass is 9.93. The van der Waals surface area contributed by atoms with E-state index in [-0.39, 0.29) is 12.4 Å². The number of carbonyl (C=O) groups excluding carboxylic acids is 1. The second-order valence-electron chi connectivity index (χ2n) is 4.10. The monoisotopic (exact) mass is 240 g/mol. The summed E-state index contributed by atoms with van der Waals surface area (Å²) in [4.78, 5) is 12.5. The standard InChI is InChI=1S/C12H16O3S/c1-15-12(14)6-10(13)9-7-16-11-5-3-2-4-8(9)11/h7,10,13H,2-6H2,1H3/t10-/m1/s1. The van der Waals surface area contributed by atoms with Crippen LogP contribution < -0.4 is 0 Å². The van der Waals surface area contributed by atoms with Crippen LogP contribution in [0.4, 0.5) is 0 Å². The highest BCUT2D eigenvalue weighted by Crippen LogP contribution is 2.34. The van der Waals surface area contributed by atoms with E-state index in [9.17, 15) is 9.90 Å². The van der Waals surface area contributed by atoms with Crippen LogP contribution in [0.2, 0.25) is 0 Å². The van der Waals surface area contributed by atoms with Crippen LogP contribution in [-0.4, -0.2) is 18.2 Å². The van der Waals surface area contributed by atoms with Crippen molar-refractivity contribution < 1.29 is 14.6 Å². The summed E-state index contributed by atoms with van der Waals surface area (Å²) in [5.41, 5.74) is 2.21. The molecule has 1 N–H and O–H groups in total. The van der Waals surface area contributed by atoms with Crippen molar-refractivity contribution in [1.29, 1.82) is 0 Å². The van der Waals surface area contributed by atoms with Crippen LogP contribution in [-0.2, 0) is 22.4 Å². The number of aliphatic hydroxyl groups is 1. The molecule has 0 spiro atoms. The average Bonchev–Trinajstić information content (AvgIpc) is 2.72. The van der Waals surface area contributed by atoms with E-state index in [4.69, 9.17) is 0 Å². The molecule has 1 aromatic rings. The molecule has 0 aromatic carbocycles. The van der Waals surface area contributed by atoms with Crippen molar-refractivity contribution >= 4 is 17.3 Å². The van der Waals surface area contributed by atoms with E-state index < -0.39 is 6.10 Å². The molecule has 1 atom stereocenters. The highest BCUT2D eigenvalue weighted by molar-refractivity contribution is 7.10. The summed E-state index contributed by atoms with van der Waals surface area (Å²) in [5, 5.41) is 12.0. The largest absolute Gasteiger partial charge is 0.469 e. The highest BCUT2D eigenvalue weighted by Gasteiger charge is 2.22. The SMILES string of the molecule is COC(=O)C[C@@H](O)c1csc2c1CCCC2. The molecule has 0 amide bonds. The smallest absolute Gasteiger partial charge is 0.308 e. The molecule has 4 heteroatoms. The Balaban J connectivity index is 2.14. The third kappa shape index (κ3) is 2.28. The summed E-state index contributed by atoms with van der Waals surface area (Å²) >= 11 is 1.70. The Morgan fingerprint density at radius 2 is 2.31 bits per heavy atom. The van der Waals surface area contributed by atoms with Crippen molar-refractivity contribution in [1.82, 2.24) is 0 Å². The summed E-state index contributed by atoms with van der Waals surface area (Å²) in [6, 6.07) is 0. The lowest BCUT2D eigenvalue weighted by molar-refractivity contribution is -0.142. The maximum absolute atomic E-state index is 11.1. The molecule has 3 nitrogen and oxygen atoms in total. The lowest BCUT2D eigenvalue weighted by Gasteiger charge is -2.15. The molecule has 0 bridgehead atoms. The minimum absolute atomic E-state index is 0.0552. The van der Waals surface area contributed by atoms with Crippen LogP contribution in [0, 0.1) is 0 Å². The van der Waals surface area contributed by atoms with Crippen LogP contribution in [0.5, 0.6) is 0 Å². The van der Waals surface area contributed by atoms with Gasteiger partial charge in [-0.15, -0.1) is 11.3 Å². The van der Waals surface area contributed by atoms with Crippen LogP contribution in [0.3, 0.4) is 0 Å². The van der Waals surface area contributed by atoms with Gasteiger partial charge in [0.1, 0.15) is 0 Å². The average molecular weight is 240 g/mol. The second-order valence-corrected chi connectivity index (χ2v) is 5.06. The third-order valence-corrected chi connectivity index (χ3v) is 4.15. The first-order valence-corrected chi connectivity index (χ1v) is 6.44. The van der Waals surface area contributed by atoms with Crippen molar-refractivity contribution in [2.24, 2.45) is 0 Å². The van der Waals surface area contributed by atoms with E-state index >= 15 is 0 Å². The molecule has 1 aliphatic rings. The molecule has 0 radical (unpaired) electrons. The van der Waals surface area contributed by atoms with Crippen LogP contribution in [0.1, 0.15) is 41.4 Å². The van der Waals surface area contributed by atoms with Crippen LogP contribution >= 0.6 is 11.3 Å². The molecule has 0 saturated heterocycles. The number of hydrogen-bond donors (Lipinski definition) is 1. The number of hydrogen-bond acceptors (Lipinski definition) is 4. The topological polar surface area (TPSA) is 46.5 Å². The zero-order chi connectivity index (χ0) is 11.5. The highest BCUT2D eigenvalue weighted by atomic mass is 32.1. The van der Waals surface area contributed by atoms with Gasteiger partial charge in [-0.3, -0.25) is 4.79 Å². The number of ether oxygens (including phenoxy) is 1. The van der Waals surface area contributed by atoms with Crippen molar-refractivity contribution in [2.45, 2.75) is 38.2 Å². The number of aliphatic hydroxyl groups excluding tert-OH is 1. The fourth-order valence-electron chi connectivity index (χ4n) is 2.15. The van der Waals surface area contributed by atoms with Crippen molar-refractivity contribution in [3.05, 3.63) is 21.4 Å². The minimum Gasteiger partial charge on any atom is -0.469 e. The molecule has 0 saturated carbocycles. The van der Waals surface area contributed by atoms with Gasteiger partial charge in [-0.2, -0.15) is 0 Å². The van der Waals surface area contributed by atoms with Gasteiger partial charge in [0.15, 0.2) is 0 Å². The fourth-order valence-corrected chi connectivity index (χ4v) is 3.34. The Bertz CT molecular complexity index is 384. The van der Waals surface area contributed by atoms with Gasteiger partial charge < -0.3 is 9.84 Å². The summed E-state index contributed by atoms with van der Waals surface area (Å²) < 4.78 is 4.57. The van der Waals surface area contributed by atoms with E-state index in [1.54, 1.807) is 11.3 Å². The molecule has 1 aromatic heterocycles. The molecule has 16 heavy (non-hydrogen) atoms. The van der Waals surface area contributed by atoms with Gasteiger partial charge in [0.25, 0.3) is 0 Å². The van der Waals surface area contributed by atoms with Gasteiger partial charge in [0, 0.05) is 4.88 Å². The summed E-state index contributed by atoms with van der Waals surface area (Å²) in [6.45, 7) is 0. The molecule has 0 fully saturated rings. The van der Waals surface area contributed by atoms with E-state index in [2.05, 4.69) is 4.74 Å². The first kappa shape index (κ1) is 11.6. The Labute approximate surface area is 99.1 Å². The predicted molar refractivity (Wildman–Crippen MR) is 62.6 cm³/mol. The lowest BCUT2D eigenvalue weighted by Crippen LogP contribution is -2.10. The van der Waals surface area contributed by atoms with E-state index in [0.717, 1.165) is 18.4 Å². The second kappa shape index (κ2) is 4.97. The van der Waals surface area contributed by atoms with Gasteiger partial charge in [-0.05, 0) is 42.2 Å². The van der Waals surface area contributed by atoms with Gasteiger partial charge in [-0.25, -0.2) is 0 Å². The normalized spacial score (nSPS) is 16.6. The molecule has 0 unspecified atom stereocenters. The number of thiophene rings is 1. The van der Waals surface area contributed by atoms with E-state index in [1.807, 2.05) is 5.38 Å². The van der Waals surface area contributed by atoms with Crippen LogP contribution in [0.25, 0.3) is 0 Å². The van der Waals surface area contributed by atoms with E-state index in [1.165, 1.54) is 30.4 Å². The summed E-state index contributed by atoms with van der Waals surface area (Å²) in [6.07, 6.45) is 3.92. The first-order chi connectivity index (χ1) is 7.72. The Hall–Kier alpha value is -0.870. The number of methoxy groups -OCH3 is 1. The van der Waals surface area contributed by atoms with Gasteiger partial charge in [0.05, 0.1) is 19.6 Å². The first-order valence-electron chi connectivity index (χ1n) is 5.56. The Morgan fingerprint density at radius 3 is 3.06 bits per heavy atom. The molecular formula is C12H16O3S. The fraction of sp³-hybridized carbons (Fsp3) is 0.583. The molecule has 1 aliphatic carbocycles. The Kier molecular flexibility index (Phi) is 3.61. The maximum Gasteiger partial charge on any atom is 0.308 e. The van der Waals surface area contributed by atoms with Crippen molar-refractivity contribution in [2.75, 3.05) is 7.11 Å². The van der Waals surface area contributed by atoms with E-state index in [0.29, 0.717) is 0 Å². The van der Waals surface area contributed by atoms with Crippen LogP contribution in [0.15, 0.2) is 5.38 Å².